The van der Waals surface area contributed by atoms with E-state index in [-0.39, 0.29) is 0 Å². The third-order valence-corrected chi connectivity index (χ3v) is 4.49. The third-order valence-electron chi connectivity index (χ3n) is 4.49. The maximum atomic E-state index is 6.38. The first-order chi connectivity index (χ1) is 14.1. The van der Waals surface area contributed by atoms with Gasteiger partial charge in [0.1, 0.15) is 5.82 Å². The largest absolute Gasteiger partial charge is 0.493 e. The number of methoxy groups -OCH3 is 5. The molecule has 0 saturated carbocycles. The van der Waals surface area contributed by atoms with Crippen LogP contribution in [0.4, 0.5) is 0 Å². The molecule has 154 valence electrons. The van der Waals surface area contributed by atoms with Crippen LogP contribution in [0.2, 0.25) is 0 Å². The highest BCUT2D eigenvalue weighted by Gasteiger charge is 2.20. The van der Waals surface area contributed by atoms with Crippen LogP contribution in [0.15, 0.2) is 30.3 Å². The van der Waals surface area contributed by atoms with Gasteiger partial charge in [0.05, 0.1) is 41.6 Å². The second-order valence-corrected chi connectivity index (χ2v) is 6.05. The highest BCUT2D eigenvalue weighted by molar-refractivity contribution is 5.66. The lowest BCUT2D eigenvalue weighted by Gasteiger charge is -2.13. The number of ether oxygens (including phenoxy) is 5. The highest BCUT2D eigenvalue weighted by atomic mass is 16.5. The third kappa shape index (κ3) is 3.90. The average molecular weight is 400 g/mol. The second kappa shape index (κ2) is 8.70. The molecule has 1 atom stereocenters. The molecule has 0 fully saturated rings. The first-order valence-corrected chi connectivity index (χ1v) is 8.76. The SMILES string of the molecule is COc1ccc([C@@H](N)c2nc(-c3cc(OC)c(OC)c(OC)c3)n[nH]2)cc1OC. The monoisotopic (exact) mass is 400 g/mol. The quantitative estimate of drug-likeness (QED) is 0.593. The normalized spacial score (nSPS) is 11.7. The van der Waals surface area contributed by atoms with E-state index in [0.29, 0.717) is 46.0 Å². The summed E-state index contributed by atoms with van der Waals surface area (Å²) in [6.07, 6.45) is 0. The number of aromatic nitrogens is 3. The molecule has 0 bridgehead atoms. The van der Waals surface area contributed by atoms with Crippen LogP contribution in [0.25, 0.3) is 11.4 Å². The minimum absolute atomic E-state index is 0.454. The molecule has 3 rings (SSSR count). The second-order valence-electron chi connectivity index (χ2n) is 6.05. The van der Waals surface area contributed by atoms with Crippen molar-refractivity contribution in [3.05, 3.63) is 41.7 Å². The molecule has 0 spiro atoms. The van der Waals surface area contributed by atoms with Gasteiger partial charge in [-0.2, -0.15) is 5.10 Å². The molecule has 0 aliphatic heterocycles. The van der Waals surface area contributed by atoms with Crippen molar-refractivity contribution in [2.75, 3.05) is 35.5 Å². The molecule has 9 nitrogen and oxygen atoms in total. The fourth-order valence-electron chi connectivity index (χ4n) is 2.96. The minimum Gasteiger partial charge on any atom is -0.493 e. The van der Waals surface area contributed by atoms with Crippen LogP contribution in [0.3, 0.4) is 0 Å². The molecule has 0 unspecified atom stereocenters. The van der Waals surface area contributed by atoms with Crippen molar-refractivity contribution in [3.63, 3.8) is 0 Å². The summed E-state index contributed by atoms with van der Waals surface area (Å²) in [6.45, 7) is 0. The molecule has 3 N–H and O–H groups in total. The van der Waals surface area contributed by atoms with E-state index in [1.54, 1.807) is 53.7 Å². The zero-order valence-electron chi connectivity index (χ0n) is 17.0. The number of rotatable bonds is 8. The number of nitrogens with zero attached hydrogens (tertiary/aromatic N) is 2. The van der Waals surface area contributed by atoms with Crippen molar-refractivity contribution >= 4 is 0 Å². The van der Waals surface area contributed by atoms with E-state index in [2.05, 4.69) is 15.2 Å². The van der Waals surface area contributed by atoms with Crippen LogP contribution < -0.4 is 29.4 Å². The summed E-state index contributed by atoms with van der Waals surface area (Å²) in [5.74, 6) is 3.69. The topological polar surface area (TPSA) is 114 Å². The van der Waals surface area contributed by atoms with Gasteiger partial charge in [-0.05, 0) is 29.8 Å². The zero-order chi connectivity index (χ0) is 21.0. The number of nitrogens with one attached hydrogen (secondary N) is 1. The molecule has 1 aromatic heterocycles. The summed E-state index contributed by atoms with van der Waals surface area (Å²) >= 11 is 0. The Kier molecular flexibility index (Phi) is 6.08. The lowest BCUT2D eigenvalue weighted by molar-refractivity contribution is 0.324. The molecule has 0 saturated heterocycles. The van der Waals surface area contributed by atoms with Crippen LogP contribution in [-0.4, -0.2) is 50.7 Å². The number of hydrogen-bond donors (Lipinski definition) is 2. The molecule has 0 amide bonds. The number of H-pyrrole nitrogens is 1. The Morgan fingerprint density at radius 2 is 1.41 bits per heavy atom. The van der Waals surface area contributed by atoms with Crippen molar-refractivity contribution in [2.24, 2.45) is 5.73 Å². The Morgan fingerprint density at radius 1 is 0.793 bits per heavy atom. The number of nitrogens with two attached hydrogens (primary N) is 1. The fraction of sp³-hybridized carbons (Fsp3) is 0.300. The summed E-state index contributed by atoms with van der Waals surface area (Å²) in [5, 5.41) is 7.19. The van der Waals surface area contributed by atoms with E-state index in [4.69, 9.17) is 29.4 Å². The van der Waals surface area contributed by atoms with Gasteiger partial charge in [0.15, 0.2) is 28.8 Å². The molecular weight excluding hydrogens is 376 g/mol. The van der Waals surface area contributed by atoms with Crippen LogP contribution in [0.5, 0.6) is 28.7 Å². The van der Waals surface area contributed by atoms with Gasteiger partial charge in [-0.15, -0.1) is 0 Å². The van der Waals surface area contributed by atoms with Crippen LogP contribution in [-0.2, 0) is 0 Å². The van der Waals surface area contributed by atoms with E-state index in [1.165, 1.54) is 0 Å². The van der Waals surface area contributed by atoms with Gasteiger partial charge >= 0.3 is 0 Å². The first kappa shape index (κ1) is 20.3. The van der Waals surface area contributed by atoms with Gasteiger partial charge in [0.25, 0.3) is 0 Å². The smallest absolute Gasteiger partial charge is 0.203 e. The van der Waals surface area contributed by atoms with Crippen molar-refractivity contribution < 1.29 is 23.7 Å². The highest BCUT2D eigenvalue weighted by Crippen LogP contribution is 2.40. The molecule has 0 radical (unpaired) electrons. The molecule has 1 heterocycles. The van der Waals surface area contributed by atoms with Crippen LogP contribution in [0, 0.1) is 0 Å². The van der Waals surface area contributed by atoms with Crippen LogP contribution in [0.1, 0.15) is 17.4 Å². The average Bonchev–Trinajstić information content (AvgIpc) is 3.27. The van der Waals surface area contributed by atoms with Gasteiger partial charge in [-0.25, -0.2) is 4.98 Å². The van der Waals surface area contributed by atoms with Gasteiger partial charge in [0, 0.05) is 5.56 Å². The lowest BCUT2D eigenvalue weighted by Crippen LogP contribution is -2.14. The van der Waals surface area contributed by atoms with Gasteiger partial charge < -0.3 is 29.4 Å². The first-order valence-electron chi connectivity index (χ1n) is 8.76. The molecule has 9 heteroatoms. The van der Waals surface area contributed by atoms with E-state index in [9.17, 15) is 0 Å². The van der Waals surface area contributed by atoms with Gasteiger partial charge in [-0.3, -0.25) is 5.10 Å². The standard InChI is InChI=1S/C20H24N4O5/c1-25-13-7-6-11(8-14(13)26-2)17(21)20-22-19(23-24-20)12-9-15(27-3)18(29-5)16(10-12)28-4/h6-10,17H,21H2,1-5H3,(H,22,23,24)/t17-/m1/s1. The maximum absolute atomic E-state index is 6.38. The number of hydrogen-bond acceptors (Lipinski definition) is 8. The Hall–Kier alpha value is -3.46. The van der Waals surface area contributed by atoms with E-state index in [0.717, 1.165) is 5.56 Å². The summed E-state index contributed by atoms with van der Waals surface area (Å²) in [6, 6.07) is 8.48. The summed E-state index contributed by atoms with van der Waals surface area (Å²) in [4.78, 5) is 4.55. The van der Waals surface area contributed by atoms with Crippen molar-refractivity contribution in [1.82, 2.24) is 15.2 Å². The van der Waals surface area contributed by atoms with Crippen molar-refractivity contribution in [1.29, 1.82) is 0 Å². The predicted molar refractivity (Wildman–Crippen MR) is 107 cm³/mol. The molecular formula is C20H24N4O5. The van der Waals surface area contributed by atoms with Gasteiger partial charge in [0.2, 0.25) is 5.75 Å². The summed E-state index contributed by atoms with van der Waals surface area (Å²) in [5.41, 5.74) is 7.88. The molecule has 0 aliphatic carbocycles. The van der Waals surface area contributed by atoms with Crippen molar-refractivity contribution in [2.45, 2.75) is 6.04 Å². The van der Waals surface area contributed by atoms with Gasteiger partial charge in [-0.1, -0.05) is 6.07 Å². The summed E-state index contributed by atoms with van der Waals surface area (Å²) in [7, 11) is 7.81. The fourth-order valence-corrected chi connectivity index (χ4v) is 2.96. The van der Waals surface area contributed by atoms with E-state index < -0.39 is 6.04 Å². The summed E-state index contributed by atoms with van der Waals surface area (Å²) < 4.78 is 26.7. The Balaban J connectivity index is 1.95. The molecule has 0 aliphatic rings. The van der Waals surface area contributed by atoms with Crippen molar-refractivity contribution in [3.8, 4) is 40.1 Å². The minimum atomic E-state index is -0.530. The zero-order valence-corrected chi connectivity index (χ0v) is 17.0. The van der Waals surface area contributed by atoms with Crippen LogP contribution >= 0.6 is 0 Å². The maximum Gasteiger partial charge on any atom is 0.203 e. The molecule has 3 aromatic rings. The Morgan fingerprint density at radius 3 is 1.97 bits per heavy atom. The number of benzene rings is 2. The van der Waals surface area contributed by atoms with E-state index >= 15 is 0 Å². The Bertz CT molecular complexity index is 964. The number of aromatic amines is 1. The predicted octanol–water partition coefficient (Wildman–Crippen LogP) is 2.56. The van der Waals surface area contributed by atoms with E-state index in [1.807, 2.05) is 12.1 Å². The lowest BCUT2D eigenvalue weighted by atomic mass is 10.1. The Labute approximate surface area is 168 Å². The molecule has 29 heavy (non-hydrogen) atoms. The molecule has 2 aromatic carbocycles.